The molecule has 3 heterocycles. The van der Waals surface area contributed by atoms with Crippen LogP contribution in [0.15, 0.2) is 24.5 Å². The Morgan fingerprint density at radius 1 is 1.25 bits per heavy atom. The molecule has 0 saturated heterocycles. The van der Waals surface area contributed by atoms with Gasteiger partial charge in [0, 0.05) is 12.3 Å². The molecule has 16 heavy (non-hydrogen) atoms. The maximum absolute atomic E-state index is 5.79. The van der Waals surface area contributed by atoms with Crippen LogP contribution in [0.2, 0.25) is 0 Å². The molecule has 0 amide bonds. The van der Waals surface area contributed by atoms with Crippen LogP contribution >= 0.6 is 0 Å². The van der Waals surface area contributed by atoms with Crippen LogP contribution in [0, 0.1) is 0 Å². The van der Waals surface area contributed by atoms with Gasteiger partial charge in [-0.15, -0.1) is 5.10 Å². The van der Waals surface area contributed by atoms with E-state index in [-0.39, 0.29) is 0 Å². The first-order valence-electron chi connectivity index (χ1n) is 4.65. The van der Waals surface area contributed by atoms with Gasteiger partial charge in [-0.3, -0.25) is 5.10 Å². The molecule has 80 valence electrons. The molecule has 3 rings (SSSR count). The molecular weight excluding hydrogens is 206 g/mol. The Hall–Kier alpha value is -2.57. The SMILES string of the molecule is Nc1cc(N)c2nc(-c3cc[nH]n3)cn2n1. The van der Waals surface area contributed by atoms with Gasteiger partial charge >= 0.3 is 0 Å². The van der Waals surface area contributed by atoms with Crippen LogP contribution < -0.4 is 11.5 Å². The highest BCUT2D eigenvalue weighted by Gasteiger charge is 2.09. The Bertz CT molecular complexity index is 637. The highest BCUT2D eigenvalue weighted by Crippen LogP contribution is 2.19. The molecule has 0 aromatic carbocycles. The van der Waals surface area contributed by atoms with Gasteiger partial charge in [-0.25, -0.2) is 9.50 Å². The summed E-state index contributed by atoms with van der Waals surface area (Å²) in [5.41, 5.74) is 13.9. The van der Waals surface area contributed by atoms with Gasteiger partial charge in [0.2, 0.25) is 0 Å². The van der Waals surface area contributed by atoms with Crippen LogP contribution in [-0.4, -0.2) is 24.8 Å². The summed E-state index contributed by atoms with van der Waals surface area (Å²) in [4.78, 5) is 4.33. The topological polar surface area (TPSA) is 111 Å². The molecule has 5 N–H and O–H groups in total. The van der Waals surface area contributed by atoms with Crippen molar-refractivity contribution < 1.29 is 0 Å². The van der Waals surface area contributed by atoms with E-state index in [1.807, 2.05) is 6.07 Å². The van der Waals surface area contributed by atoms with Crippen LogP contribution in [0.5, 0.6) is 0 Å². The fourth-order valence-corrected chi connectivity index (χ4v) is 1.55. The fourth-order valence-electron chi connectivity index (χ4n) is 1.55. The van der Waals surface area contributed by atoms with E-state index >= 15 is 0 Å². The lowest BCUT2D eigenvalue weighted by atomic mass is 10.3. The Morgan fingerprint density at radius 2 is 2.12 bits per heavy atom. The molecule has 0 bridgehead atoms. The molecule has 0 radical (unpaired) electrons. The number of aromatic amines is 1. The minimum atomic E-state index is 0.357. The number of aromatic nitrogens is 5. The van der Waals surface area contributed by atoms with E-state index in [0.717, 1.165) is 5.69 Å². The number of nitrogens with zero attached hydrogens (tertiary/aromatic N) is 4. The van der Waals surface area contributed by atoms with Crippen molar-refractivity contribution in [3.05, 3.63) is 24.5 Å². The number of hydrogen-bond donors (Lipinski definition) is 3. The van der Waals surface area contributed by atoms with Crippen molar-refractivity contribution in [2.24, 2.45) is 0 Å². The lowest BCUT2D eigenvalue weighted by Gasteiger charge is -1.97. The molecule has 0 aliphatic heterocycles. The number of hydrogen-bond acceptors (Lipinski definition) is 5. The summed E-state index contributed by atoms with van der Waals surface area (Å²) in [6, 6.07) is 3.40. The van der Waals surface area contributed by atoms with Crippen molar-refractivity contribution in [1.82, 2.24) is 24.8 Å². The summed E-state index contributed by atoms with van der Waals surface area (Å²) in [7, 11) is 0. The highest BCUT2D eigenvalue weighted by molar-refractivity contribution is 5.70. The summed E-state index contributed by atoms with van der Waals surface area (Å²) in [6.07, 6.45) is 3.46. The molecule has 0 unspecified atom stereocenters. The molecular formula is C9H9N7. The van der Waals surface area contributed by atoms with Crippen molar-refractivity contribution in [2.45, 2.75) is 0 Å². The summed E-state index contributed by atoms with van der Waals surface area (Å²) in [5, 5.41) is 10.8. The first-order chi connectivity index (χ1) is 7.74. The Kier molecular flexibility index (Phi) is 1.61. The minimum absolute atomic E-state index is 0.357. The normalized spacial score (nSPS) is 11.0. The number of nitrogens with two attached hydrogens (primary N) is 2. The number of nitrogen functional groups attached to an aromatic ring is 2. The maximum atomic E-state index is 5.79. The average molecular weight is 215 g/mol. The lowest BCUT2D eigenvalue weighted by molar-refractivity contribution is 0.948. The number of fused-ring (bicyclic) bond motifs is 1. The zero-order valence-electron chi connectivity index (χ0n) is 8.25. The average Bonchev–Trinajstić information content (AvgIpc) is 2.82. The maximum Gasteiger partial charge on any atom is 0.177 e. The second kappa shape index (κ2) is 2.96. The zero-order valence-corrected chi connectivity index (χ0v) is 8.25. The Labute approximate surface area is 90.1 Å². The number of anilines is 2. The summed E-state index contributed by atoms with van der Waals surface area (Å²) in [5.74, 6) is 0.357. The number of H-pyrrole nitrogens is 1. The largest absolute Gasteiger partial charge is 0.396 e. The molecule has 0 aliphatic carbocycles. The van der Waals surface area contributed by atoms with Crippen molar-refractivity contribution >= 4 is 17.2 Å². The molecule has 0 aliphatic rings. The third-order valence-electron chi connectivity index (χ3n) is 2.24. The number of rotatable bonds is 1. The van der Waals surface area contributed by atoms with Crippen molar-refractivity contribution in [1.29, 1.82) is 0 Å². The van der Waals surface area contributed by atoms with E-state index < -0.39 is 0 Å². The van der Waals surface area contributed by atoms with E-state index in [2.05, 4.69) is 20.3 Å². The summed E-state index contributed by atoms with van der Waals surface area (Å²) in [6.45, 7) is 0. The summed E-state index contributed by atoms with van der Waals surface area (Å²) >= 11 is 0. The lowest BCUT2D eigenvalue weighted by Crippen LogP contribution is -2.00. The van der Waals surface area contributed by atoms with Crippen molar-refractivity contribution in [3.63, 3.8) is 0 Å². The second-order valence-corrected chi connectivity index (χ2v) is 3.38. The van der Waals surface area contributed by atoms with E-state index in [1.165, 1.54) is 0 Å². The van der Waals surface area contributed by atoms with Gasteiger partial charge in [0.15, 0.2) is 5.65 Å². The second-order valence-electron chi connectivity index (χ2n) is 3.38. The monoisotopic (exact) mass is 215 g/mol. The predicted molar refractivity (Wildman–Crippen MR) is 59.4 cm³/mol. The first-order valence-corrected chi connectivity index (χ1v) is 4.65. The quantitative estimate of drug-likeness (QED) is 0.540. The van der Waals surface area contributed by atoms with E-state index in [0.29, 0.717) is 22.8 Å². The van der Waals surface area contributed by atoms with E-state index in [4.69, 9.17) is 11.5 Å². The smallest absolute Gasteiger partial charge is 0.177 e. The molecule has 0 atom stereocenters. The standard InChI is InChI=1S/C9H9N7/c10-5-3-8(11)15-16-4-7(13-9(5)16)6-1-2-12-14-6/h1-4H,10H2,(H2,11,15)(H,12,14). The van der Waals surface area contributed by atoms with Gasteiger partial charge in [-0.2, -0.15) is 5.10 Å². The number of imidazole rings is 1. The molecule has 3 aromatic heterocycles. The van der Waals surface area contributed by atoms with Crippen LogP contribution in [0.3, 0.4) is 0 Å². The fraction of sp³-hybridized carbons (Fsp3) is 0. The third-order valence-corrected chi connectivity index (χ3v) is 2.24. The van der Waals surface area contributed by atoms with E-state index in [9.17, 15) is 0 Å². The van der Waals surface area contributed by atoms with Crippen LogP contribution in [0.1, 0.15) is 0 Å². The van der Waals surface area contributed by atoms with Gasteiger partial charge < -0.3 is 11.5 Å². The predicted octanol–water partition coefficient (Wildman–Crippen LogP) is 0.284. The Morgan fingerprint density at radius 3 is 2.88 bits per heavy atom. The first kappa shape index (κ1) is 8.72. The van der Waals surface area contributed by atoms with Crippen molar-refractivity contribution in [3.8, 4) is 11.4 Å². The molecule has 3 aromatic rings. The Balaban J connectivity index is 2.27. The molecule has 0 fully saturated rings. The van der Waals surface area contributed by atoms with Crippen molar-refractivity contribution in [2.75, 3.05) is 11.5 Å². The number of nitrogens with one attached hydrogen (secondary N) is 1. The third kappa shape index (κ3) is 1.18. The highest BCUT2D eigenvalue weighted by atomic mass is 15.3. The van der Waals surface area contributed by atoms with Gasteiger partial charge in [-0.1, -0.05) is 0 Å². The molecule has 0 saturated carbocycles. The van der Waals surface area contributed by atoms with Gasteiger partial charge in [-0.05, 0) is 6.07 Å². The van der Waals surface area contributed by atoms with Crippen LogP contribution in [0.25, 0.3) is 17.0 Å². The summed E-state index contributed by atoms with van der Waals surface area (Å²) < 4.78 is 1.55. The van der Waals surface area contributed by atoms with Crippen LogP contribution in [0.4, 0.5) is 11.5 Å². The molecule has 7 heteroatoms. The van der Waals surface area contributed by atoms with Crippen LogP contribution in [-0.2, 0) is 0 Å². The molecule has 0 spiro atoms. The van der Waals surface area contributed by atoms with Gasteiger partial charge in [0.05, 0.1) is 11.9 Å². The van der Waals surface area contributed by atoms with Gasteiger partial charge in [0.1, 0.15) is 17.2 Å². The minimum Gasteiger partial charge on any atom is -0.396 e. The van der Waals surface area contributed by atoms with Gasteiger partial charge in [0.25, 0.3) is 0 Å². The zero-order chi connectivity index (χ0) is 11.1. The van der Waals surface area contributed by atoms with E-state index in [1.54, 1.807) is 23.0 Å². The molecule has 7 nitrogen and oxygen atoms in total.